The summed E-state index contributed by atoms with van der Waals surface area (Å²) in [6, 6.07) is 8.46. The zero-order chi connectivity index (χ0) is 15.6. The summed E-state index contributed by atoms with van der Waals surface area (Å²) >= 11 is 0. The fourth-order valence-corrected chi connectivity index (χ4v) is 6.34. The number of nitrogens with zero attached hydrogens (tertiary/aromatic N) is 1. The Kier molecular flexibility index (Phi) is 2.67. The van der Waals surface area contributed by atoms with Gasteiger partial charge in [-0.1, -0.05) is 30.4 Å². The van der Waals surface area contributed by atoms with Gasteiger partial charge in [-0.3, -0.25) is 4.79 Å². The number of benzene rings is 1. The third kappa shape index (κ3) is 1.51. The molecule has 2 fully saturated rings. The van der Waals surface area contributed by atoms with E-state index in [1.54, 1.807) is 35.2 Å². The van der Waals surface area contributed by atoms with E-state index in [-0.39, 0.29) is 18.6 Å². The molecule has 3 aliphatic heterocycles. The van der Waals surface area contributed by atoms with E-state index in [0.29, 0.717) is 17.9 Å². The second kappa shape index (κ2) is 4.20. The first kappa shape index (κ1) is 14.0. The lowest BCUT2D eigenvalue weighted by Crippen LogP contribution is -2.54. The summed E-state index contributed by atoms with van der Waals surface area (Å²) in [7, 11) is -3.61. The van der Waals surface area contributed by atoms with E-state index in [9.17, 15) is 13.2 Å². The second-order valence-corrected chi connectivity index (χ2v) is 8.55. The third-order valence-corrected chi connectivity index (χ3v) is 7.69. The van der Waals surface area contributed by atoms with Gasteiger partial charge in [-0.25, -0.2) is 8.42 Å². The lowest BCUT2D eigenvalue weighted by Gasteiger charge is -2.34. The molecule has 0 aliphatic carbocycles. The van der Waals surface area contributed by atoms with Gasteiger partial charge in [-0.05, 0) is 12.1 Å². The van der Waals surface area contributed by atoms with Crippen molar-refractivity contribution in [3.63, 3.8) is 0 Å². The number of carbonyl (C=O) groups is 1. The normalized spacial score (nSPS) is 35.9. The Balaban J connectivity index is 1.89. The fraction of sp³-hybridized carbons (Fsp3) is 0.438. The molecule has 3 aliphatic rings. The molecule has 3 atom stereocenters. The Morgan fingerprint density at radius 3 is 2.64 bits per heavy atom. The number of hydrogen-bond acceptors (Lipinski definition) is 4. The molecule has 4 rings (SSSR count). The van der Waals surface area contributed by atoms with Crippen LogP contribution in [0.3, 0.4) is 0 Å². The van der Waals surface area contributed by atoms with Crippen LogP contribution in [0.25, 0.3) is 0 Å². The van der Waals surface area contributed by atoms with Gasteiger partial charge in [-0.15, -0.1) is 0 Å². The minimum atomic E-state index is -3.61. The molecule has 3 heterocycles. The SMILES string of the molecule is CC(=O)N1CC23C=CC(CC2(S(=O)(=O)c2ccccc2)C1)O3. The molecule has 1 amide bonds. The van der Waals surface area contributed by atoms with Crippen molar-refractivity contribution < 1.29 is 17.9 Å². The van der Waals surface area contributed by atoms with Crippen LogP contribution < -0.4 is 0 Å². The quantitative estimate of drug-likeness (QED) is 0.767. The molecule has 2 bridgehead atoms. The Labute approximate surface area is 129 Å². The maximum absolute atomic E-state index is 13.3. The predicted octanol–water partition coefficient (Wildman–Crippen LogP) is 1.16. The molecule has 2 saturated heterocycles. The predicted molar refractivity (Wildman–Crippen MR) is 80.0 cm³/mol. The minimum absolute atomic E-state index is 0.119. The summed E-state index contributed by atoms with van der Waals surface area (Å²) in [5.74, 6) is -0.119. The highest BCUT2D eigenvalue weighted by atomic mass is 32.2. The molecule has 116 valence electrons. The van der Waals surface area contributed by atoms with Crippen molar-refractivity contribution in [2.45, 2.75) is 34.7 Å². The van der Waals surface area contributed by atoms with Gasteiger partial charge in [0, 0.05) is 19.9 Å². The molecule has 1 aromatic carbocycles. The van der Waals surface area contributed by atoms with Gasteiger partial charge in [0.15, 0.2) is 9.84 Å². The van der Waals surface area contributed by atoms with Gasteiger partial charge >= 0.3 is 0 Å². The molecule has 1 aromatic rings. The van der Waals surface area contributed by atoms with E-state index in [4.69, 9.17) is 4.74 Å². The van der Waals surface area contributed by atoms with Crippen molar-refractivity contribution in [3.05, 3.63) is 42.5 Å². The number of carbonyl (C=O) groups excluding carboxylic acids is 1. The largest absolute Gasteiger partial charge is 0.360 e. The van der Waals surface area contributed by atoms with Gasteiger partial charge < -0.3 is 9.64 Å². The maximum Gasteiger partial charge on any atom is 0.219 e. The van der Waals surface area contributed by atoms with E-state index < -0.39 is 20.2 Å². The summed E-state index contributed by atoms with van der Waals surface area (Å²) in [5, 5.41) is 0. The zero-order valence-corrected chi connectivity index (χ0v) is 13.0. The third-order valence-electron chi connectivity index (χ3n) is 5.13. The number of sulfone groups is 1. The first-order chi connectivity index (χ1) is 10.4. The van der Waals surface area contributed by atoms with Crippen LogP contribution in [0.15, 0.2) is 47.4 Å². The lowest BCUT2D eigenvalue weighted by atomic mass is 9.85. The average Bonchev–Trinajstić information content (AvgIpc) is 3.13. The van der Waals surface area contributed by atoms with E-state index >= 15 is 0 Å². The Hall–Kier alpha value is -1.66. The number of likely N-dealkylation sites (tertiary alicyclic amines) is 1. The Morgan fingerprint density at radius 1 is 1.27 bits per heavy atom. The van der Waals surface area contributed by atoms with Crippen molar-refractivity contribution >= 4 is 15.7 Å². The molecule has 5 nitrogen and oxygen atoms in total. The fourth-order valence-electron chi connectivity index (χ4n) is 4.03. The van der Waals surface area contributed by atoms with Crippen molar-refractivity contribution in [1.82, 2.24) is 4.90 Å². The Bertz CT molecular complexity index is 773. The van der Waals surface area contributed by atoms with Gasteiger partial charge in [0.1, 0.15) is 10.3 Å². The molecule has 22 heavy (non-hydrogen) atoms. The average molecular weight is 319 g/mol. The van der Waals surface area contributed by atoms with Crippen molar-refractivity contribution in [1.29, 1.82) is 0 Å². The first-order valence-electron chi connectivity index (χ1n) is 7.33. The molecule has 0 radical (unpaired) electrons. The molecular weight excluding hydrogens is 302 g/mol. The second-order valence-electron chi connectivity index (χ2n) is 6.29. The van der Waals surface area contributed by atoms with E-state index in [1.807, 2.05) is 12.2 Å². The molecule has 0 aromatic heterocycles. The van der Waals surface area contributed by atoms with Crippen molar-refractivity contribution in [2.24, 2.45) is 0 Å². The van der Waals surface area contributed by atoms with Crippen LogP contribution >= 0.6 is 0 Å². The van der Waals surface area contributed by atoms with Crippen LogP contribution in [0, 0.1) is 0 Å². The summed E-state index contributed by atoms with van der Waals surface area (Å²) in [6.45, 7) is 1.97. The highest BCUT2D eigenvalue weighted by Crippen LogP contribution is 2.56. The number of hydrogen-bond donors (Lipinski definition) is 0. The maximum atomic E-state index is 13.3. The van der Waals surface area contributed by atoms with Gasteiger partial charge in [0.2, 0.25) is 5.91 Å². The summed E-state index contributed by atoms with van der Waals surface area (Å²) < 4.78 is 31.6. The van der Waals surface area contributed by atoms with Crippen LogP contribution in [0.4, 0.5) is 0 Å². The van der Waals surface area contributed by atoms with Crippen LogP contribution in [-0.4, -0.2) is 48.8 Å². The first-order valence-corrected chi connectivity index (χ1v) is 8.81. The summed E-state index contributed by atoms with van der Waals surface area (Å²) in [6.07, 6.45) is 4.00. The van der Waals surface area contributed by atoms with Gasteiger partial charge in [0.25, 0.3) is 0 Å². The number of rotatable bonds is 2. The highest BCUT2D eigenvalue weighted by molar-refractivity contribution is 7.93. The topological polar surface area (TPSA) is 63.7 Å². The molecule has 0 N–H and O–H groups in total. The van der Waals surface area contributed by atoms with Crippen LogP contribution in [0.5, 0.6) is 0 Å². The molecule has 0 saturated carbocycles. The molecule has 1 spiro atoms. The standard InChI is InChI=1S/C16H17NO4S/c1-12(18)17-10-15-8-7-13(21-15)9-16(15,11-17)22(19,20)14-5-3-2-4-6-14/h2-8,13H,9-11H2,1H3. The van der Waals surface area contributed by atoms with E-state index in [2.05, 4.69) is 0 Å². The number of amides is 1. The molecule has 6 heteroatoms. The highest BCUT2D eigenvalue weighted by Gasteiger charge is 2.72. The zero-order valence-electron chi connectivity index (χ0n) is 12.2. The van der Waals surface area contributed by atoms with Crippen LogP contribution in [0.1, 0.15) is 13.3 Å². The Morgan fingerprint density at radius 2 is 2.00 bits per heavy atom. The van der Waals surface area contributed by atoms with Gasteiger partial charge in [0.05, 0.1) is 17.5 Å². The summed E-state index contributed by atoms with van der Waals surface area (Å²) in [5.41, 5.74) is -0.905. The number of fused-ring (bicyclic) bond motifs is 1. The lowest BCUT2D eigenvalue weighted by molar-refractivity contribution is -0.129. The molecule has 3 unspecified atom stereocenters. The molecular formula is C16H17NO4S. The van der Waals surface area contributed by atoms with Crippen LogP contribution in [0.2, 0.25) is 0 Å². The monoisotopic (exact) mass is 319 g/mol. The van der Waals surface area contributed by atoms with Crippen molar-refractivity contribution in [2.75, 3.05) is 13.1 Å². The van der Waals surface area contributed by atoms with Crippen molar-refractivity contribution in [3.8, 4) is 0 Å². The van der Waals surface area contributed by atoms with Crippen LogP contribution in [-0.2, 0) is 19.4 Å². The number of ether oxygens (including phenoxy) is 1. The smallest absolute Gasteiger partial charge is 0.219 e. The van der Waals surface area contributed by atoms with E-state index in [0.717, 1.165) is 0 Å². The minimum Gasteiger partial charge on any atom is -0.360 e. The summed E-state index contributed by atoms with van der Waals surface area (Å²) in [4.78, 5) is 13.7. The van der Waals surface area contributed by atoms with E-state index in [1.165, 1.54) is 6.92 Å². The van der Waals surface area contributed by atoms with Gasteiger partial charge in [-0.2, -0.15) is 0 Å².